The molecule has 0 atom stereocenters. The molecule has 6 heteroatoms. The number of thioether (sulfide) groups is 1. The van der Waals surface area contributed by atoms with Crippen LogP contribution in [-0.4, -0.2) is 33.5 Å². The highest BCUT2D eigenvalue weighted by atomic mass is 32.2. The van der Waals surface area contributed by atoms with Crippen LogP contribution >= 0.6 is 11.8 Å². The summed E-state index contributed by atoms with van der Waals surface area (Å²) in [6, 6.07) is 5.92. The van der Waals surface area contributed by atoms with E-state index >= 15 is 0 Å². The molecule has 25 heavy (non-hydrogen) atoms. The van der Waals surface area contributed by atoms with E-state index in [1.54, 1.807) is 11.8 Å². The quantitative estimate of drug-likeness (QED) is 0.577. The van der Waals surface area contributed by atoms with Crippen LogP contribution in [-0.2, 0) is 13.0 Å². The van der Waals surface area contributed by atoms with Crippen LogP contribution in [0.2, 0.25) is 0 Å². The fraction of sp³-hybridized carbons (Fsp3) is 0.526. The molecule has 2 rings (SSSR count). The van der Waals surface area contributed by atoms with Gasteiger partial charge >= 0.3 is 0 Å². The van der Waals surface area contributed by atoms with Crippen LogP contribution in [0.5, 0.6) is 0 Å². The van der Waals surface area contributed by atoms with Crippen molar-refractivity contribution in [1.82, 2.24) is 20.1 Å². The topological polar surface area (TPSA) is 59.8 Å². The lowest BCUT2D eigenvalue weighted by Crippen LogP contribution is -2.25. The highest BCUT2D eigenvalue weighted by molar-refractivity contribution is 7.98. The van der Waals surface area contributed by atoms with E-state index in [1.165, 1.54) is 0 Å². The number of hydrogen-bond acceptors (Lipinski definition) is 4. The zero-order valence-electron chi connectivity index (χ0n) is 15.8. The van der Waals surface area contributed by atoms with E-state index in [-0.39, 0.29) is 5.91 Å². The lowest BCUT2D eigenvalue weighted by Gasteiger charge is -2.12. The van der Waals surface area contributed by atoms with E-state index in [2.05, 4.69) is 40.0 Å². The standard InChI is InChI=1S/C19H28N4OS/c1-13(2)12-23-17(21-22-19(23)25-5)7-6-8-20-18(24)16-10-14(3)9-15(4)11-16/h9-11,13H,6-8,12H2,1-5H3,(H,20,24). The molecule has 1 N–H and O–H groups in total. The highest BCUT2D eigenvalue weighted by Gasteiger charge is 2.12. The van der Waals surface area contributed by atoms with Crippen LogP contribution in [0.25, 0.3) is 0 Å². The number of rotatable bonds is 8. The van der Waals surface area contributed by atoms with Crippen LogP contribution in [0, 0.1) is 19.8 Å². The summed E-state index contributed by atoms with van der Waals surface area (Å²) in [5.41, 5.74) is 2.94. The van der Waals surface area contributed by atoms with E-state index in [0.717, 1.165) is 47.1 Å². The average Bonchev–Trinajstić information content (AvgIpc) is 2.91. The van der Waals surface area contributed by atoms with Gasteiger partial charge in [-0.15, -0.1) is 10.2 Å². The zero-order valence-corrected chi connectivity index (χ0v) is 16.6. The van der Waals surface area contributed by atoms with Gasteiger partial charge in [0.25, 0.3) is 5.91 Å². The third-order valence-electron chi connectivity index (χ3n) is 3.87. The number of nitrogens with one attached hydrogen (secondary N) is 1. The van der Waals surface area contributed by atoms with Crippen LogP contribution in [0.1, 0.15) is 47.6 Å². The predicted octanol–water partition coefficient (Wildman–Crippen LogP) is 3.64. The van der Waals surface area contributed by atoms with Crippen molar-refractivity contribution >= 4 is 17.7 Å². The van der Waals surface area contributed by atoms with Crippen LogP contribution in [0.3, 0.4) is 0 Å². The highest BCUT2D eigenvalue weighted by Crippen LogP contribution is 2.16. The number of amides is 1. The van der Waals surface area contributed by atoms with E-state index in [1.807, 2.05) is 32.2 Å². The molecule has 0 aliphatic heterocycles. The predicted molar refractivity (Wildman–Crippen MR) is 103 cm³/mol. The number of aromatic nitrogens is 3. The Hall–Kier alpha value is -1.82. The van der Waals surface area contributed by atoms with Crippen molar-refractivity contribution in [3.05, 3.63) is 40.7 Å². The lowest BCUT2D eigenvalue weighted by atomic mass is 10.1. The summed E-state index contributed by atoms with van der Waals surface area (Å²) in [5, 5.41) is 12.5. The summed E-state index contributed by atoms with van der Waals surface area (Å²) in [6.45, 7) is 9.96. The molecule has 0 radical (unpaired) electrons. The maximum Gasteiger partial charge on any atom is 0.251 e. The smallest absolute Gasteiger partial charge is 0.251 e. The van der Waals surface area contributed by atoms with Gasteiger partial charge in [0.1, 0.15) is 5.82 Å². The molecule has 136 valence electrons. The molecule has 0 unspecified atom stereocenters. The van der Waals surface area contributed by atoms with Gasteiger partial charge in [-0.25, -0.2) is 0 Å². The van der Waals surface area contributed by atoms with Gasteiger partial charge in [0.2, 0.25) is 0 Å². The lowest BCUT2D eigenvalue weighted by molar-refractivity contribution is 0.0953. The number of benzene rings is 1. The molecule has 0 bridgehead atoms. The largest absolute Gasteiger partial charge is 0.352 e. The number of carbonyl (C=O) groups excluding carboxylic acids is 1. The number of carbonyl (C=O) groups is 1. The van der Waals surface area contributed by atoms with Gasteiger partial charge in [-0.3, -0.25) is 4.79 Å². The van der Waals surface area contributed by atoms with Crippen molar-refractivity contribution in [2.75, 3.05) is 12.8 Å². The average molecular weight is 361 g/mol. The van der Waals surface area contributed by atoms with Gasteiger partial charge in [-0.05, 0) is 44.6 Å². The first kappa shape index (κ1) is 19.5. The zero-order chi connectivity index (χ0) is 18.4. The van der Waals surface area contributed by atoms with Crippen molar-refractivity contribution in [3.8, 4) is 0 Å². The maximum atomic E-state index is 12.3. The van der Waals surface area contributed by atoms with E-state index in [0.29, 0.717) is 12.5 Å². The molecular formula is C19H28N4OS. The Balaban J connectivity index is 1.89. The number of aryl methyl sites for hydroxylation is 3. The summed E-state index contributed by atoms with van der Waals surface area (Å²) in [4.78, 5) is 12.3. The van der Waals surface area contributed by atoms with Gasteiger partial charge in [0, 0.05) is 25.1 Å². The summed E-state index contributed by atoms with van der Waals surface area (Å²) >= 11 is 1.62. The normalized spacial score (nSPS) is 11.1. The van der Waals surface area contributed by atoms with E-state index in [4.69, 9.17) is 0 Å². The van der Waals surface area contributed by atoms with Gasteiger partial charge in [0.05, 0.1) is 0 Å². The first-order valence-electron chi connectivity index (χ1n) is 8.73. The minimum absolute atomic E-state index is 0.0137. The molecule has 0 spiro atoms. The van der Waals surface area contributed by atoms with Gasteiger partial charge in [-0.1, -0.05) is 42.8 Å². The van der Waals surface area contributed by atoms with Crippen molar-refractivity contribution < 1.29 is 4.79 Å². The molecule has 1 heterocycles. The van der Waals surface area contributed by atoms with Crippen molar-refractivity contribution in [2.45, 2.75) is 52.2 Å². The minimum Gasteiger partial charge on any atom is -0.352 e. The van der Waals surface area contributed by atoms with Crippen molar-refractivity contribution in [2.24, 2.45) is 5.92 Å². The van der Waals surface area contributed by atoms with Crippen molar-refractivity contribution in [3.63, 3.8) is 0 Å². The van der Waals surface area contributed by atoms with Crippen LogP contribution in [0.15, 0.2) is 23.4 Å². The summed E-state index contributed by atoms with van der Waals surface area (Å²) < 4.78 is 2.20. The first-order valence-corrected chi connectivity index (χ1v) is 9.95. The van der Waals surface area contributed by atoms with Crippen LogP contribution < -0.4 is 5.32 Å². The summed E-state index contributed by atoms with van der Waals surface area (Å²) in [7, 11) is 0. The molecule has 0 saturated heterocycles. The van der Waals surface area contributed by atoms with Gasteiger partial charge in [-0.2, -0.15) is 0 Å². The molecule has 1 aromatic heterocycles. The molecule has 0 aliphatic rings. The molecule has 5 nitrogen and oxygen atoms in total. The third-order valence-corrected chi connectivity index (χ3v) is 4.54. The van der Waals surface area contributed by atoms with E-state index < -0.39 is 0 Å². The molecular weight excluding hydrogens is 332 g/mol. The van der Waals surface area contributed by atoms with Gasteiger partial charge in [0.15, 0.2) is 5.16 Å². The fourth-order valence-corrected chi connectivity index (χ4v) is 3.38. The fourth-order valence-electron chi connectivity index (χ4n) is 2.86. The van der Waals surface area contributed by atoms with Gasteiger partial charge < -0.3 is 9.88 Å². The Bertz CT molecular complexity index is 704. The number of nitrogens with zero attached hydrogens (tertiary/aromatic N) is 3. The molecule has 2 aromatic rings. The second-order valence-corrected chi connectivity index (χ2v) is 7.62. The Kier molecular flexibility index (Phi) is 7.05. The van der Waals surface area contributed by atoms with Crippen LogP contribution in [0.4, 0.5) is 0 Å². The second kappa shape index (κ2) is 9.04. The Morgan fingerprint density at radius 2 is 1.88 bits per heavy atom. The summed E-state index contributed by atoms with van der Waals surface area (Å²) in [6.07, 6.45) is 3.68. The first-order chi connectivity index (χ1) is 11.9. The minimum atomic E-state index is -0.0137. The molecule has 1 amide bonds. The Morgan fingerprint density at radius 1 is 1.20 bits per heavy atom. The monoisotopic (exact) mass is 360 g/mol. The molecule has 0 saturated carbocycles. The second-order valence-electron chi connectivity index (χ2n) is 6.84. The van der Waals surface area contributed by atoms with Crippen molar-refractivity contribution in [1.29, 1.82) is 0 Å². The molecule has 0 aliphatic carbocycles. The molecule has 0 fully saturated rings. The summed E-state index contributed by atoms with van der Waals surface area (Å²) in [5.74, 6) is 1.53. The Labute approximate surface area is 154 Å². The Morgan fingerprint density at radius 3 is 2.48 bits per heavy atom. The molecule has 1 aromatic carbocycles. The SMILES string of the molecule is CSc1nnc(CCCNC(=O)c2cc(C)cc(C)c2)n1CC(C)C. The number of hydrogen-bond donors (Lipinski definition) is 1. The maximum absolute atomic E-state index is 12.3. The van der Waals surface area contributed by atoms with E-state index in [9.17, 15) is 4.79 Å². The third kappa shape index (κ3) is 5.59.